The van der Waals surface area contributed by atoms with Gasteiger partial charge in [-0.05, 0) is 11.6 Å². The summed E-state index contributed by atoms with van der Waals surface area (Å²) in [5.41, 5.74) is 1.96. The minimum absolute atomic E-state index is 0.0272. The van der Waals surface area contributed by atoms with Gasteiger partial charge in [0.15, 0.2) is 0 Å². The Labute approximate surface area is 117 Å². The number of non-ortho nitro benzene ring substituents is 1. The Hall–Kier alpha value is -2.40. The molecule has 0 aliphatic heterocycles. The molecule has 0 radical (unpaired) electrons. The Morgan fingerprint density at radius 1 is 1.15 bits per heavy atom. The molecule has 2 rings (SSSR count). The van der Waals surface area contributed by atoms with Crippen LogP contribution in [-0.4, -0.2) is 24.1 Å². The molecule has 0 amide bonds. The van der Waals surface area contributed by atoms with Gasteiger partial charge in [-0.1, -0.05) is 30.3 Å². The molecule has 2 aromatic carbocycles. The first kappa shape index (κ1) is 14.0. The molecule has 0 fully saturated rings. The van der Waals surface area contributed by atoms with Crippen molar-refractivity contribution in [2.24, 2.45) is 0 Å². The fraction of sp³-hybridized carbons (Fsp3) is 0.200. The summed E-state index contributed by atoms with van der Waals surface area (Å²) >= 11 is 0. The second-order valence-corrected chi connectivity index (χ2v) is 4.71. The number of hydrogen-bond acceptors (Lipinski definition) is 4. The van der Waals surface area contributed by atoms with Gasteiger partial charge in [-0.2, -0.15) is 0 Å². The van der Waals surface area contributed by atoms with Gasteiger partial charge in [-0.3, -0.25) is 10.1 Å². The van der Waals surface area contributed by atoms with E-state index in [1.165, 1.54) is 12.1 Å². The zero-order valence-electron chi connectivity index (χ0n) is 11.4. The van der Waals surface area contributed by atoms with E-state index in [1.807, 2.05) is 37.2 Å². The molecule has 2 aromatic rings. The summed E-state index contributed by atoms with van der Waals surface area (Å²) in [6.07, 6.45) is -0.895. The number of aliphatic hydroxyl groups excluding tert-OH is 1. The maximum absolute atomic E-state index is 10.9. The molecular formula is C15H16N2O3. The van der Waals surface area contributed by atoms with Gasteiger partial charge < -0.3 is 10.0 Å². The first-order valence-corrected chi connectivity index (χ1v) is 6.19. The van der Waals surface area contributed by atoms with Crippen LogP contribution in [0.2, 0.25) is 0 Å². The summed E-state index contributed by atoms with van der Waals surface area (Å²) in [4.78, 5) is 12.3. The highest BCUT2D eigenvalue weighted by Crippen LogP contribution is 2.32. The third kappa shape index (κ3) is 2.78. The lowest BCUT2D eigenvalue weighted by atomic mass is 9.99. The van der Waals surface area contributed by atoms with Crippen molar-refractivity contribution in [2.75, 3.05) is 19.0 Å². The van der Waals surface area contributed by atoms with Crippen molar-refractivity contribution in [1.82, 2.24) is 0 Å². The normalized spacial score (nSPS) is 11.9. The van der Waals surface area contributed by atoms with Gasteiger partial charge in [-0.25, -0.2) is 0 Å². The van der Waals surface area contributed by atoms with Crippen LogP contribution >= 0.6 is 0 Å². The summed E-state index contributed by atoms with van der Waals surface area (Å²) in [5, 5.41) is 21.4. The molecule has 0 aromatic heterocycles. The molecular weight excluding hydrogens is 256 g/mol. The van der Waals surface area contributed by atoms with E-state index in [0.29, 0.717) is 11.1 Å². The lowest BCUT2D eigenvalue weighted by molar-refractivity contribution is -0.384. The zero-order valence-corrected chi connectivity index (χ0v) is 11.4. The topological polar surface area (TPSA) is 66.6 Å². The summed E-state index contributed by atoms with van der Waals surface area (Å²) in [7, 11) is 3.67. The molecule has 0 saturated heterocycles. The number of nitro benzene ring substituents is 1. The summed E-state index contributed by atoms with van der Waals surface area (Å²) < 4.78 is 0. The quantitative estimate of drug-likeness (QED) is 0.686. The standard InChI is InChI=1S/C15H16N2O3/c1-16(2)14-9-8-12(17(19)20)10-13(14)15(18)11-6-4-3-5-7-11/h3-10,15,18H,1-2H3. The molecule has 0 heterocycles. The number of nitro groups is 1. The molecule has 1 N–H and O–H groups in total. The van der Waals surface area contributed by atoms with Gasteiger partial charge in [0.05, 0.1) is 4.92 Å². The van der Waals surface area contributed by atoms with E-state index in [4.69, 9.17) is 0 Å². The Kier molecular flexibility index (Phi) is 4.00. The second kappa shape index (κ2) is 5.71. The smallest absolute Gasteiger partial charge is 0.269 e. The maximum Gasteiger partial charge on any atom is 0.269 e. The van der Waals surface area contributed by atoms with Gasteiger partial charge in [0, 0.05) is 37.5 Å². The molecule has 5 heteroatoms. The number of benzene rings is 2. The molecule has 1 unspecified atom stereocenters. The molecule has 0 bridgehead atoms. The average molecular weight is 272 g/mol. The van der Waals surface area contributed by atoms with Gasteiger partial charge in [-0.15, -0.1) is 0 Å². The first-order valence-electron chi connectivity index (χ1n) is 6.19. The second-order valence-electron chi connectivity index (χ2n) is 4.71. The number of aliphatic hydroxyl groups is 1. The van der Waals surface area contributed by atoms with Gasteiger partial charge >= 0.3 is 0 Å². The van der Waals surface area contributed by atoms with E-state index < -0.39 is 11.0 Å². The number of anilines is 1. The number of rotatable bonds is 4. The Balaban J connectivity index is 2.52. The van der Waals surface area contributed by atoms with Crippen LogP contribution in [0.4, 0.5) is 11.4 Å². The highest BCUT2D eigenvalue weighted by Gasteiger charge is 2.19. The minimum Gasteiger partial charge on any atom is -0.384 e. The minimum atomic E-state index is -0.895. The molecule has 5 nitrogen and oxygen atoms in total. The molecule has 0 saturated carbocycles. The van der Waals surface area contributed by atoms with Crippen LogP contribution in [0.1, 0.15) is 17.2 Å². The van der Waals surface area contributed by atoms with Gasteiger partial charge in [0.25, 0.3) is 5.69 Å². The Bertz CT molecular complexity index is 612. The van der Waals surface area contributed by atoms with Crippen LogP contribution in [0.5, 0.6) is 0 Å². The summed E-state index contributed by atoms with van der Waals surface area (Å²) in [6.45, 7) is 0. The predicted octanol–water partition coefficient (Wildman–Crippen LogP) is 2.74. The van der Waals surface area contributed by atoms with Gasteiger partial charge in [0.1, 0.15) is 6.10 Å². The fourth-order valence-corrected chi connectivity index (χ4v) is 2.10. The van der Waals surface area contributed by atoms with Crippen molar-refractivity contribution in [3.05, 3.63) is 69.8 Å². The average Bonchev–Trinajstić information content (AvgIpc) is 2.46. The summed E-state index contributed by atoms with van der Waals surface area (Å²) in [6, 6.07) is 13.6. The largest absolute Gasteiger partial charge is 0.384 e. The molecule has 0 aliphatic carbocycles. The highest BCUT2D eigenvalue weighted by atomic mass is 16.6. The zero-order chi connectivity index (χ0) is 14.7. The van der Waals surface area contributed by atoms with Crippen molar-refractivity contribution in [2.45, 2.75) is 6.10 Å². The van der Waals surface area contributed by atoms with Crippen molar-refractivity contribution in [3.63, 3.8) is 0 Å². The van der Waals surface area contributed by atoms with Crippen molar-refractivity contribution >= 4 is 11.4 Å². The van der Waals surface area contributed by atoms with Crippen molar-refractivity contribution in [3.8, 4) is 0 Å². The van der Waals surface area contributed by atoms with Crippen LogP contribution in [0.3, 0.4) is 0 Å². The van der Waals surface area contributed by atoms with E-state index >= 15 is 0 Å². The third-order valence-electron chi connectivity index (χ3n) is 3.11. The summed E-state index contributed by atoms with van der Waals surface area (Å²) in [5.74, 6) is 0. The van der Waals surface area contributed by atoms with E-state index in [1.54, 1.807) is 18.2 Å². The maximum atomic E-state index is 10.9. The number of nitrogens with zero attached hydrogens (tertiary/aromatic N) is 2. The van der Waals surface area contributed by atoms with Crippen LogP contribution in [0.25, 0.3) is 0 Å². The van der Waals surface area contributed by atoms with Crippen molar-refractivity contribution < 1.29 is 10.0 Å². The lowest BCUT2D eigenvalue weighted by Gasteiger charge is -2.21. The lowest BCUT2D eigenvalue weighted by Crippen LogP contribution is -2.14. The van der Waals surface area contributed by atoms with E-state index in [9.17, 15) is 15.2 Å². The van der Waals surface area contributed by atoms with Crippen LogP contribution < -0.4 is 4.90 Å². The molecule has 0 aliphatic rings. The molecule has 104 valence electrons. The highest BCUT2D eigenvalue weighted by molar-refractivity contribution is 5.59. The molecule has 1 atom stereocenters. The number of hydrogen-bond donors (Lipinski definition) is 1. The van der Waals surface area contributed by atoms with E-state index in [-0.39, 0.29) is 5.69 Å². The van der Waals surface area contributed by atoms with Crippen LogP contribution in [-0.2, 0) is 0 Å². The van der Waals surface area contributed by atoms with E-state index in [2.05, 4.69) is 0 Å². The van der Waals surface area contributed by atoms with Crippen molar-refractivity contribution in [1.29, 1.82) is 0 Å². The predicted molar refractivity (Wildman–Crippen MR) is 77.9 cm³/mol. The van der Waals surface area contributed by atoms with Gasteiger partial charge in [0.2, 0.25) is 0 Å². The third-order valence-corrected chi connectivity index (χ3v) is 3.11. The van der Waals surface area contributed by atoms with Crippen LogP contribution in [0, 0.1) is 10.1 Å². The molecule has 0 spiro atoms. The SMILES string of the molecule is CN(C)c1ccc([N+](=O)[O-])cc1C(O)c1ccccc1. The van der Waals surface area contributed by atoms with Crippen LogP contribution in [0.15, 0.2) is 48.5 Å². The van der Waals surface area contributed by atoms with E-state index in [0.717, 1.165) is 5.69 Å². The fourth-order valence-electron chi connectivity index (χ4n) is 2.10. The molecule has 20 heavy (non-hydrogen) atoms. The first-order chi connectivity index (χ1) is 9.50. The Morgan fingerprint density at radius 2 is 1.80 bits per heavy atom. The Morgan fingerprint density at radius 3 is 2.35 bits per heavy atom. The monoisotopic (exact) mass is 272 g/mol.